The fourth-order valence-electron chi connectivity index (χ4n) is 3.60. The maximum Gasteiger partial charge on any atom is 0.247 e. The van der Waals surface area contributed by atoms with Crippen molar-refractivity contribution in [1.29, 1.82) is 0 Å². The quantitative estimate of drug-likeness (QED) is 0.517. The van der Waals surface area contributed by atoms with Gasteiger partial charge in [0.25, 0.3) is 0 Å². The molecule has 1 aliphatic rings. The van der Waals surface area contributed by atoms with Gasteiger partial charge in [0.1, 0.15) is 11.5 Å². The van der Waals surface area contributed by atoms with E-state index in [9.17, 15) is 0 Å². The van der Waals surface area contributed by atoms with Crippen molar-refractivity contribution in [2.45, 2.75) is 13.1 Å². The average Bonchev–Trinajstić information content (AvgIpc) is 3.23. The van der Waals surface area contributed by atoms with Crippen LogP contribution in [0.2, 0.25) is 0 Å². The normalized spacial score (nSPS) is 15.3. The van der Waals surface area contributed by atoms with Crippen LogP contribution < -0.4 is 9.47 Å². The maximum atomic E-state index is 5.88. The third-order valence-corrected chi connectivity index (χ3v) is 5.74. The van der Waals surface area contributed by atoms with Crippen molar-refractivity contribution in [1.82, 2.24) is 20.0 Å². The number of benzene rings is 2. The van der Waals surface area contributed by atoms with Gasteiger partial charge in [-0.05, 0) is 36.4 Å². The monoisotopic (exact) mass is 472 g/mol. The van der Waals surface area contributed by atoms with Crippen LogP contribution in [0.3, 0.4) is 0 Å². The number of rotatable bonds is 7. The Hall–Kier alpha value is -2.42. The van der Waals surface area contributed by atoms with Crippen molar-refractivity contribution in [3.05, 3.63) is 58.4 Å². The molecule has 1 fully saturated rings. The third-order valence-electron chi connectivity index (χ3n) is 5.24. The Bertz CT molecular complexity index is 986. The van der Waals surface area contributed by atoms with Gasteiger partial charge in [-0.1, -0.05) is 22.0 Å². The molecule has 2 heterocycles. The highest BCUT2D eigenvalue weighted by Crippen LogP contribution is 2.26. The van der Waals surface area contributed by atoms with Gasteiger partial charge in [-0.15, -0.1) is 10.2 Å². The molecule has 0 aliphatic carbocycles. The summed E-state index contributed by atoms with van der Waals surface area (Å²) in [6.45, 7) is 5.32. The van der Waals surface area contributed by atoms with E-state index in [0.29, 0.717) is 18.3 Å². The molecule has 2 aromatic carbocycles. The van der Waals surface area contributed by atoms with Crippen LogP contribution >= 0.6 is 15.9 Å². The number of halogens is 1. The van der Waals surface area contributed by atoms with Gasteiger partial charge in [0, 0.05) is 48.3 Å². The molecule has 0 spiro atoms. The summed E-state index contributed by atoms with van der Waals surface area (Å²) in [7, 11) is 3.39. The van der Waals surface area contributed by atoms with E-state index in [4.69, 9.17) is 13.9 Å². The zero-order valence-electron chi connectivity index (χ0n) is 17.2. The summed E-state index contributed by atoms with van der Waals surface area (Å²) in [4.78, 5) is 4.77. The molecule has 0 unspecified atom stereocenters. The molecule has 30 heavy (non-hydrogen) atoms. The van der Waals surface area contributed by atoms with Crippen LogP contribution in [0.15, 0.2) is 51.4 Å². The lowest BCUT2D eigenvalue weighted by Gasteiger charge is -2.34. The number of aromatic nitrogens is 2. The van der Waals surface area contributed by atoms with E-state index in [1.54, 1.807) is 14.2 Å². The van der Waals surface area contributed by atoms with Crippen molar-refractivity contribution in [2.75, 3.05) is 40.4 Å². The molecular weight excluding hydrogens is 448 g/mol. The summed E-state index contributed by atoms with van der Waals surface area (Å²) in [5.74, 6) is 2.94. The summed E-state index contributed by atoms with van der Waals surface area (Å²) in [6, 6.07) is 13.8. The minimum Gasteiger partial charge on any atom is -0.497 e. The van der Waals surface area contributed by atoms with E-state index < -0.39 is 0 Å². The van der Waals surface area contributed by atoms with E-state index in [1.165, 1.54) is 0 Å². The highest BCUT2D eigenvalue weighted by Gasteiger charge is 2.20. The highest BCUT2D eigenvalue weighted by atomic mass is 79.9. The Morgan fingerprint density at radius 3 is 2.40 bits per heavy atom. The second-order valence-electron chi connectivity index (χ2n) is 7.24. The Kier molecular flexibility index (Phi) is 6.66. The van der Waals surface area contributed by atoms with Gasteiger partial charge in [0.05, 0.1) is 20.8 Å². The van der Waals surface area contributed by atoms with Gasteiger partial charge in [-0.25, -0.2) is 0 Å². The van der Waals surface area contributed by atoms with Crippen LogP contribution in [0.4, 0.5) is 0 Å². The average molecular weight is 473 g/mol. The highest BCUT2D eigenvalue weighted by molar-refractivity contribution is 9.10. The first-order valence-corrected chi connectivity index (χ1v) is 10.7. The van der Waals surface area contributed by atoms with Crippen LogP contribution in [0.5, 0.6) is 11.5 Å². The molecule has 158 valence electrons. The zero-order valence-corrected chi connectivity index (χ0v) is 18.8. The largest absolute Gasteiger partial charge is 0.497 e. The van der Waals surface area contributed by atoms with Gasteiger partial charge < -0.3 is 13.9 Å². The molecule has 1 aromatic heterocycles. The fraction of sp³-hybridized carbons (Fsp3) is 0.364. The van der Waals surface area contributed by atoms with Crippen molar-refractivity contribution >= 4 is 15.9 Å². The molecule has 0 saturated carbocycles. The lowest BCUT2D eigenvalue weighted by atomic mass is 10.1. The van der Waals surface area contributed by atoms with Crippen LogP contribution in [0.1, 0.15) is 11.5 Å². The topological polar surface area (TPSA) is 63.9 Å². The minimum absolute atomic E-state index is 0.551. The van der Waals surface area contributed by atoms with Crippen LogP contribution in [0.25, 0.3) is 11.5 Å². The SMILES string of the molecule is COc1ccc(OC)c(CN2CCN(Cc3nnc(-c4cccc(Br)c4)o3)CC2)c1. The standard InChI is InChI=1S/C22H25BrN4O3/c1-28-19-6-7-20(29-2)17(13-19)14-26-8-10-27(11-9-26)15-21-24-25-22(30-21)16-4-3-5-18(23)12-16/h3-7,12-13H,8-11,14-15H2,1-2H3. The van der Waals surface area contributed by atoms with E-state index in [1.807, 2.05) is 42.5 Å². The Balaban J connectivity index is 1.32. The van der Waals surface area contributed by atoms with Crippen LogP contribution in [-0.4, -0.2) is 60.4 Å². The van der Waals surface area contributed by atoms with E-state index in [0.717, 1.165) is 59.8 Å². The van der Waals surface area contributed by atoms with Gasteiger partial charge >= 0.3 is 0 Å². The fourth-order valence-corrected chi connectivity index (χ4v) is 4.00. The Labute approximate surface area is 184 Å². The van der Waals surface area contributed by atoms with Gasteiger partial charge in [-0.3, -0.25) is 9.80 Å². The molecule has 1 saturated heterocycles. The predicted molar refractivity (Wildman–Crippen MR) is 118 cm³/mol. The summed E-state index contributed by atoms with van der Waals surface area (Å²) >= 11 is 3.47. The molecule has 1 aliphatic heterocycles. The second kappa shape index (κ2) is 9.59. The summed E-state index contributed by atoms with van der Waals surface area (Å²) in [5.41, 5.74) is 2.06. The second-order valence-corrected chi connectivity index (χ2v) is 8.16. The van der Waals surface area contributed by atoms with Gasteiger partial charge in [0.2, 0.25) is 11.8 Å². The molecule has 0 N–H and O–H groups in total. The van der Waals surface area contributed by atoms with E-state index in [-0.39, 0.29) is 0 Å². The summed E-state index contributed by atoms with van der Waals surface area (Å²) in [5, 5.41) is 8.43. The minimum atomic E-state index is 0.551. The maximum absolute atomic E-state index is 5.88. The van der Waals surface area contributed by atoms with Crippen molar-refractivity contribution in [2.24, 2.45) is 0 Å². The molecule has 7 nitrogen and oxygen atoms in total. The number of nitrogens with zero attached hydrogens (tertiary/aromatic N) is 4. The number of hydrogen-bond donors (Lipinski definition) is 0. The molecular formula is C22H25BrN4O3. The predicted octanol–water partition coefficient (Wildman–Crippen LogP) is 3.83. The van der Waals surface area contributed by atoms with Crippen molar-refractivity contribution in [3.63, 3.8) is 0 Å². The number of ether oxygens (including phenoxy) is 2. The van der Waals surface area contributed by atoms with Crippen molar-refractivity contribution < 1.29 is 13.9 Å². The van der Waals surface area contributed by atoms with E-state index in [2.05, 4.69) is 35.9 Å². The number of methoxy groups -OCH3 is 2. The Morgan fingerprint density at radius 1 is 0.933 bits per heavy atom. The molecule has 8 heteroatoms. The van der Waals surface area contributed by atoms with Gasteiger partial charge in [0.15, 0.2) is 0 Å². The molecule has 3 aromatic rings. The Morgan fingerprint density at radius 2 is 1.70 bits per heavy atom. The zero-order chi connectivity index (χ0) is 20.9. The smallest absolute Gasteiger partial charge is 0.247 e. The molecule has 4 rings (SSSR count). The number of hydrogen-bond acceptors (Lipinski definition) is 7. The molecule has 0 amide bonds. The third kappa shape index (κ3) is 5.00. The lowest BCUT2D eigenvalue weighted by Crippen LogP contribution is -2.45. The molecule has 0 atom stereocenters. The van der Waals surface area contributed by atoms with Crippen molar-refractivity contribution in [3.8, 4) is 23.0 Å². The first-order valence-electron chi connectivity index (χ1n) is 9.88. The van der Waals surface area contributed by atoms with Crippen LogP contribution in [0, 0.1) is 0 Å². The first-order chi connectivity index (χ1) is 14.6. The van der Waals surface area contributed by atoms with Crippen LogP contribution in [-0.2, 0) is 13.1 Å². The van der Waals surface area contributed by atoms with Gasteiger partial charge in [-0.2, -0.15) is 0 Å². The molecule has 0 radical (unpaired) electrons. The summed E-state index contributed by atoms with van der Waals surface area (Å²) < 4.78 is 17.7. The molecule has 0 bridgehead atoms. The van der Waals surface area contributed by atoms with E-state index >= 15 is 0 Å². The number of piperazine rings is 1. The summed E-state index contributed by atoms with van der Waals surface area (Å²) in [6.07, 6.45) is 0. The first kappa shape index (κ1) is 20.8. The lowest BCUT2D eigenvalue weighted by molar-refractivity contribution is 0.114.